The molecule has 4 rings (SSSR count). The van der Waals surface area contributed by atoms with Gasteiger partial charge in [-0.3, -0.25) is 10.2 Å². The number of hydrogen-bond acceptors (Lipinski definition) is 6. The molecule has 0 spiro atoms. The minimum absolute atomic E-state index is 0.0939. The highest BCUT2D eigenvalue weighted by atomic mass is 16.4. The molecule has 166 valence electrons. The Morgan fingerprint density at radius 1 is 0.970 bits per heavy atom. The third-order valence-corrected chi connectivity index (χ3v) is 5.45. The van der Waals surface area contributed by atoms with Crippen molar-refractivity contribution in [2.75, 3.05) is 10.4 Å². The van der Waals surface area contributed by atoms with Gasteiger partial charge in [-0.15, -0.1) is 0 Å². The molecule has 0 unspecified atom stereocenters. The van der Waals surface area contributed by atoms with Crippen molar-refractivity contribution < 1.29 is 19.8 Å². The number of phenolic OH excluding ortho intramolecular Hbond substituents is 1. The van der Waals surface area contributed by atoms with Crippen LogP contribution in [0.1, 0.15) is 28.4 Å². The fraction of sp³-hybridized carbons (Fsp3) is 0.120. The lowest BCUT2D eigenvalue weighted by molar-refractivity contribution is -0.112. The number of rotatable bonds is 5. The minimum Gasteiger partial charge on any atom is -0.506 e. The molecule has 3 aromatic rings. The number of nitrogens with zero attached hydrogens (tertiary/aromatic N) is 3. The van der Waals surface area contributed by atoms with E-state index in [1.54, 1.807) is 31.2 Å². The Kier molecular flexibility index (Phi) is 5.66. The lowest BCUT2D eigenvalue weighted by atomic mass is 10.0. The third-order valence-electron chi connectivity index (χ3n) is 5.45. The first-order valence-corrected chi connectivity index (χ1v) is 10.2. The first kappa shape index (κ1) is 21.8. The Labute approximate surface area is 190 Å². The predicted molar refractivity (Wildman–Crippen MR) is 128 cm³/mol. The molecular formula is C25H22N4O4. The van der Waals surface area contributed by atoms with Gasteiger partial charge in [0.1, 0.15) is 5.75 Å². The van der Waals surface area contributed by atoms with Gasteiger partial charge in [-0.1, -0.05) is 24.3 Å². The second kappa shape index (κ2) is 8.58. The van der Waals surface area contributed by atoms with E-state index in [1.165, 1.54) is 23.2 Å². The Balaban J connectivity index is 1.55. The van der Waals surface area contributed by atoms with Crippen molar-refractivity contribution in [2.45, 2.75) is 20.8 Å². The summed E-state index contributed by atoms with van der Waals surface area (Å²) in [6, 6.07) is 16.9. The summed E-state index contributed by atoms with van der Waals surface area (Å²) < 4.78 is 0. The van der Waals surface area contributed by atoms with E-state index in [0.29, 0.717) is 28.2 Å². The number of aryl methyl sites for hydroxylation is 2. The summed E-state index contributed by atoms with van der Waals surface area (Å²) in [7, 11) is 0. The van der Waals surface area contributed by atoms with Gasteiger partial charge in [-0.05, 0) is 79.4 Å². The maximum atomic E-state index is 12.9. The van der Waals surface area contributed by atoms with Crippen LogP contribution in [0.4, 0.5) is 11.4 Å². The highest BCUT2D eigenvalue weighted by Crippen LogP contribution is 2.31. The topological polar surface area (TPSA) is 115 Å². The Bertz CT molecular complexity index is 1340. The number of hydrogen-bond donors (Lipinski definition) is 3. The van der Waals surface area contributed by atoms with Crippen molar-refractivity contribution in [1.82, 2.24) is 0 Å². The van der Waals surface area contributed by atoms with Gasteiger partial charge in [-0.25, -0.2) is 4.79 Å². The van der Waals surface area contributed by atoms with E-state index in [1.807, 2.05) is 32.0 Å². The number of carboxylic acid groups (broad SMARTS) is 1. The molecule has 1 aliphatic heterocycles. The summed E-state index contributed by atoms with van der Waals surface area (Å²) in [6.07, 6.45) is 0. The molecule has 0 saturated heterocycles. The molecule has 1 heterocycles. The lowest BCUT2D eigenvalue weighted by Gasteiger charge is -2.13. The van der Waals surface area contributed by atoms with Crippen LogP contribution in [-0.4, -0.2) is 33.5 Å². The molecule has 1 amide bonds. The fourth-order valence-corrected chi connectivity index (χ4v) is 3.41. The van der Waals surface area contributed by atoms with Crippen LogP contribution in [0.5, 0.6) is 5.75 Å². The zero-order valence-corrected chi connectivity index (χ0v) is 18.3. The first-order valence-electron chi connectivity index (χ1n) is 10.2. The molecular weight excluding hydrogens is 420 g/mol. The van der Waals surface area contributed by atoms with Gasteiger partial charge < -0.3 is 10.2 Å². The molecule has 33 heavy (non-hydrogen) atoms. The summed E-state index contributed by atoms with van der Waals surface area (Å²) in [5.74, 6) is -1.49. The van der Waals surface area contributed by atoms with Crippen LogP contribution in [0.2, 0.25) is 0 Å². The van der Waals surface area contributed by atoms with E-state index in [-0.39, 0.29) is 22.9 Å². The standard InChI is InChI=1S/C25H22N4O4/c1-14-7-9-20(11-15(14)2)29-24(31)23(16(3)28-29)27-26-21-10-8-18(13-22(21)30)17-5-4-6-19(12-17)25(32)33/h4-13,26,30H,1-3H3,(H,32,33)/b27-23-. The molecule has 8 nitrogen and oxygen atoms in total. The average Bonchev–Trinajstić information content (AvgIpc) is 3.08. The van der Waals surface area contributed by atoms with Crippen molar-refractivity contribution in [3.8, 4) is 16.9 Å². The number of hydrazone groups is 2. The van der Waals surface area contributed by atoms with Crippen molar-refractivity contribution in [1.29, 1.82) is 0 Å². The highest BCUT2D eigenvalue weighted by Gasteiger charge is 2.31. The van der Waals surface area contributed by atoms with Gasteiger partial charge in [0, 0.05) is 0 Å². The molecule has 3 N–H and O–H groups in total. The number of carbonyl (C=O) groups excluding carboxylic acids is 1. The molecule has 0 fully saturated rings. The van der Waals surface area contributed by atoms with Crippen molar-refractivity contribution >= 4 is 34.7 Å². The molecule has 3 aromatic carbocycles. The van der Waals surface area contributed by atoms with Crippen LogP contribution >= 0.6 is 0 Å². The van der Waals surface area contributed by atoms with Crippen LogP contribution in [0.15, 0.2) is 70.9 Å². The number of aromatic hydroxyl groups is 1. The van der Waals surface area contributed by atoms with E-state index >= 15 is 0 Å². The van der Waals surface area contributed by atoms with Crippen LogP contribution in [-0.2, 0) is 4.79 Å². The Morgan fingerprint density at radius 2 is 1.73 bits per heavy atom. The van der Waals surface area contributed by atoms with Gasteiger partial charge in [0.15, 0.2) is 5.71 Å². The van der Waals surface area contributed by atoms with E-state index in [4.69, 9.17) is 0 Å². The smallest absolute Gasteiger partial charge is 0.335 e. The third kappa shape index (κ3) is 4.31. The fourth-order valence-electron chi connectivity index (χ4n) is 3.41. The van der Waals surface area contributed by atoms with E-state index in [2.05, 4.69) is 15.6 Å². The Hall–Kier alpha value is -4.46. The number of aromatic carboxylic acids is 1. The SMILES string of the molecule is CC1=NN(c2ccc(C)c(C)c2)C(=O)/C1=N\Nc1ccc(-c2cccc(C(=O)O)c2)cc1O. The van der Waals surface area contributed by atoms with Crippen LogP contribution < -0.4 is 10.4 Å². The lowest BCUT2D eigenvalue weighted by Crippen LogP contribution is -2.28. The molecule has 8 heteroatoms. The molecule has 0 aliphatic carbocycles. The van der Waals surface area contributed by atoms with E-state index in [0.717, 1.165) is 11.1 Å². The summed E-state index contributed by atoms with van der Waals surface area (Å²) in [5.41, 5.74) is 7.91. The Morgan fingerprint density at radius 3 is 2.42 bits per heavy atom. The van der Waals surface area contributed by atoms with Crippen LogP contribution in [0.3, 0.4) is 0 Å². The van der Waals surface area contributed by atoms with Crippen molar-refractivity contribution in [3.63, 3.8) is 0 Å². The number of phenols is 1. The molecule has 0 atom stereocenters. The van der Waals surface area contributed by atoms with E-state index in [9.17, 15) is 19.8 Å². The maximum absolute atomic E-state index is 12.9. The summed E-state index contributed by atoms with van der Waals surface area (Å²) in [4.78, 5) is 24.1. The zero-order chi connectivity index (χ0) is 23.7. The quantitative estimate of drug-likeness (QED) is 0.396. The van der Waals surface area contributed by atoms with Gasteiger partial charge in [-0.2, -0.15) is 15.2 Å². The van der Waals surface area contributed by atoms with Crippen molar-refractivity contribution in [3.05, 3.63) is 77.4 Å². The van der Waals surface area contributed by atoms with Gasteiger partial charge >= 0.3 is 11.9 Å². The largest absolute Gasteiger partial charge is 0.506 e. The van der Waals surface area contributed by atoms with Crippen LogP contribution in [0, 0.1) is 13.8 Å². The van der Waals surface area contributed by atoms with Gasteiger partial charge in [0.05, 0.1) is 22.6 Å². The summed E-state index contributed by atoms with van der Waals surface area (Å²) in [5, 5.41) is 29.4. The molecule has 0 radical (unpaired) electrons. The average molecular weight is 442 g/mol. The van der Waals surface area contributed by atoms with Gasteiger partial charge in [0.2, 0.25) is 0 Å². The number of carboxylic acids is 1. The number of benzene rings is 3. The zero-order valence-electron chi connectivity index (χ0n) is 18.3. The number of amides is 1. The number of anilines is 2. The number of carbonyl (C=O) groups is 2. The maximum Gasteiger partial charge on any atom is 0.335 e. The minimum atomic E-state index is -1.02. The van der Waals surface area contributed by atoms with Crippen LogP contribution in [0.25, 0.3) is 11.1 Å². The predicted octanol–water partition coefficient (Wildman–Crippen LogP) is 4.56. The molecule has 0 aromatic heterocycles. The normalized spacial score (nSPS) is 14.5. The first-order chi connectivity index (χ1) is 15.7. The highest BCUT2D eigenvalue weighted by molar-refractivity contribution is 6.71. The molecule has 0 saturated carbocycles. The summed E-state index contributed by atoms with van der Waals surface area (Å²) >= 11 is 0. The molecule has 0 bridgehead atoms. The molecule has 1 aliphatic rings. The monoisotopic (exact) mass is 442 g/mol. The number of nitrogens with one attached hydrogen (secondary N) is 1. The second-order valence-corrected chi connectivity index (χ2v) is 7.76. The second-order valence-electron chi connectivity index (χ2n) is 7.76. The van der Waals surface area contributed by atoms with Gasteiger partial charge in [0.25, 0.3) is 0 Å². The van der Waals surface area contributed by atoms with E-state index < -0.39 is 5.97 Å². The van der Waals surface area contributed by atoms with Crippen molar-refractivity contribution in [2.24, 2.45) is 10.2 Å². The summed E-state index contributed by atoms with van der Waals surface area (Å²) in [6.45, 7) is 5.66.